The van der Waals surface area contributed by atoms with Crippen molar-refractivity contribution in [3.8, 4) is 0 Å². The minimum atomic E-state index is 0.713. The molecule has 0 aliphatic rings. The van der Waals surface area contributed by atoms with Crippen molar-refractivity contribution in [3.63, 3.8) is 0 Å². The third-order valence-electron chi connectivity index (χ3n) is 0.770. The van der Waals surface area contributed by atoms with Gasteiger partial charge < -0.3 is 5.11 Å². The molecule has 1 nitrogen and oxygen atoms in total. The van der Waals surface area contributed by atoms with Crippen molar-refractivity contribution in [1.29, 1.82) is 0 Å². The summed E-state index contributed by atoms with van der Waals surface area (Å²) in [5, 5.41) is 8.25. The second-order valence-corrected chi connectivity index (χ2v) is 5.73. The first kappa shape index (κ1) is 12.2. The van der Waals surface area contributed by atoms with Crippen LogP contribution in [0.1, 0.15) is 27.7 Å². The summed E-state index contributed by atoms with van der Waals surface area (Å²) < 4.78 is 1.92. The molecule has 0 aromatic heterocycles. The van der Waals surface area contributed by atoms with E-state index < -0.39 is 0 Å². The summed E-state index contributed by atoms with van der Waals surface area (Å²) in [5.41, 5.74) is 0. The van der Waals surface area contributed by atoms with Gasteiger partial charge >= 0.3 is 52.5 Å². The van der Waals surface area contributed by atoms with Gasteiger partial charge in [0.15, 0.2) is 0 Å². The van der Waals surface area contributed by atoms with Crippen LogP contribution >= 0.6 is 0 Å². The molecule has 0 bridgehead atoms. The third kappa shape index (κ3) is 17.7. The van der Waals surface area contributed by atoms with Gasteiger partial charge in [0.25, 0.3) is 0 Å². The first-order valence-corrected chi connectivity index (χ1v) is 4.72. The van der Waals surface area contributed by atoms with Crippen LogP contribution in [0.25, 0.3) is 0 Å². The molecule has 0 spiro atoms. The quantitative estimate of drug-likeness (QED) is 0.536. The van der Waals surface area contributed by atoms with Crippen molar-refractivity contribution in [2.75, 3.05) is 7.11 Å². The Hall–Kier alpha value is 0.492. The van der Waals surface area contributed by atoms with Crippen LogP contribution in [-0.2, 0) is 0 Å². The Labute approximate surface area is 65.2 Å². The molecule has 9 heavy (non-hydrogen) atoms. The predicted octanol–water partition coefficient (Wildman–Crippen LogP) is 1.32. The van der Waals surface area contributed by atoms with Gasteiger partial charge in [-0.1, -0.05) is 0 Å². The molecule has 0 saturated carbocycles. The molecule has 2 heteroatoms. The summed E-state index contributed by atoms with van der Waals surface area (Å²) in [5.74, 6) is 0. The molecule has 0 aromatic carbocycles. The molecule has 0 heterocycles. The Morgan fingerprint density at radius 1 is 0.889 bits per heavy atom. The fraction of sp³-hybridized carbons (Fsp3) is 1.00. The van der Waals surface area contributed by atoms with Crippen LogP contribution in [0.5, 0.6) is 0 Å². The molecule has 0 radical (unpaired) electrons. The normalized spacial score (nSPS) is 8.44. The average molecular weight is 144 g/mol. The minimum Gasteiger partial charge on any atom is -0.857 e. The van der Waals surface area contributed by atoms with Crippen LogP contribution in [0.15, 0.2) is 0 Å². The fourth-order valence-electron chi connectivity index (χ4n) is 0.770. The van der Waals surface area contributed by atoms with Gasteiger partial charge in [0.05, 0.1) is 0 Å². The van der Waals surface area contributed by atoms with Crippen LogP contribution in [0, 0.1) is 0 Å². The van der Waals surface area contributed by atoms with Gasteiger partial charge in [-0.3, -0.25) is 0 Å². The first-order valence-electron chi connectivity index (χ1n) is 3.38. The molecule has 54 valence electrons. The summed E-state index contributed by atoms with van der Waals surface area (Å²) >= 11 is 0.713. The summed E-state index contributed by atoms with van der Waals surface area (Å²) in [4.78, 5) is 0. The Kier molecular flexibility index (Phi) is 11.5. The zero-order valence-electron chi connectivity index (χ0n) is 7.14. The number of rotatable bonds is 2. The standard InChI is InChI=1S/2C3H7.CH3O.Al/c2*1-3-2;1-2;/h2*3H,1-2H3;1H3;/q;;-1;+1. The van der Waals surface area contributed by atoms with Crippen LogP contribution < -0.4 is 5.11 Å². The van der Waals surface area contributed by atoms with Crippen molar-refractivity contribution in [1.82, 2.24) is 0 Å². The molecule has 0 amide bonds. The van der Waals surface area contributed by atoms with Crippen LogP contribution in [-0.4, -0.2) is 22.3 Å². The molecule has 0 aliphatic carbocycles. The van der Waals surface area contributed by atoms with Gasteiger partial charge in [-0.05, 0) is 0 Å². The predicted molar refractivity (Wildman–Crippen MR) is 41.9 cm³/mol. The zero-order valence-corrected chi connectivity index (χ0v) is 8.29. The second kappa shape index (κ2) is 8.49. The molecule has 0 N–H and O–H groups in total. The molecule has 0 saturated heterocycles. The largest absolute Gasteiger partial charge is 0.857 e. The molecule has 0 aromatic rings. The van der Waals surface area contributed by atoms with Gasteiger partial charge in [-0.25, -0.2) is 0 Å². The molecule has 0 rings (SSSR count). The second-order valence-electron chi connectivity index (χ2n) is 2.68. The van der Waals surface area contributed by atoms with E-state index in [0.717, 1.165) is 16.7 Å². The Bertz CT molecular complexity index is 38.2. The maximum Gasteiger partial charge on any atom is -0.153 e. The topological polar surface area (TPSA) is 23.1 Å². The molecular formula is C7H17AlO. The monoisotopic (exact) mass is 144 g/mol. The fourth-order valence-corrected chi connectivity index (χ4v) is 2.31. The Morgan fingerprint density at radius 3 is 1.11 bits per heavy atom. The van der Waals surface area contributed by atoms with E-state index in [2.05, 4.69) is 27.7 Å². The van der Waals surface area contributed by atoms with E-state index in [1.165, 1.54) is 0 Å². The van der Waals surface area contributed by atoms with Crippen molar-refractivity contribution in [3.05, 3.63) is 0 Å². The number of hydrogen-bond donors (Lipinski definition) is 0. The van der Waals surface area contributed by atoms with E-state index in [0.29, 0.717) is 15.2 Å². The molecule has 0 atom stereocenters. The Balaban J connectivity index is 0. The third-order valence-corrected chi connectivity index (χ3v) is 2.31. The van der Waals surface area contributed by atoms with Gasteiger partial charge in [0.2, 0.25) is 0 Å². The van der Waals surface area contributed by atoms with Crippen molar-refractivity contribution in [2.45, 2.75) is 37.3 Å². The molecule has 0 fully saturated rings. The SMILES string of the molecule is C[CH](C)[Al+][CH](C)C.C[O-]. The van der Waals surface area contributed by atoms with E-state index in [1.807, 2.05) is 0 Å². The van der Waals surface area contributed by atoms with Crippen molar-refractivity contribution in [2.24, 2.45) is 0 Å². The van der Waals surface area contributed by atoms with E-state index in [4.69, 9.17) is 5.11 Å². The van der Waals surface area contributed by atoms with Gasteiger partial charge in [-0.2, -0.15) is 7.11 Å². The summed E-state index contributed by atoms with van der Waals surface area (Å²) in [6.07, 6.45) is 0. The molecular weight excluding hydrogens is 127 g/mol. The van der Waals surface area contributed by atoms with Crippen LogP contribution in [0.4, 0.5) is 0 Å². The van der Waals surface area contributed by atoms with E-state index in [9.17, 15) is 0 Å². The zero-order chi connectivity index (χ0) is 7.86. The average Bonchev–Trinajstić information content (AvgIpc) is 1.68. The maximum atomic E-state index is 8.25. The summed E-state index contributed by atoms with van der Waals surface area (Å²) in [6, 6.07) is 0. The summed E-state index contributed by atoms with van der Waals surface area (Å²) in [7, 11) is 0.750. The van der Waals surface area contributed by atoms with Crippen LogP contribution in [0.3, 0.4) is 0 Å². The van der Waals surface area contributed by atoms with Gasteiger partial charge in [-0.15, -0.1) is 0 Å². The van der Waals surface area contributed by atoms with E-state index >= 15 is 0 Å². The minimum absolute atomic E-state index is 0.713. The van der Waals surface area contributed by atoms with E-state index in [1.54, 1.807) is 0 Å². The van der Waals surface area contributed by atoms with Gasteiger partial charge in [0, 0.05) is 0 Å². The summed E-state index contributed by atoms with van der Waals surface area (Å²) in [6.45, 7) is 9.20. The smallest absolute Gasteiger partial charge is 0.153 e. The Morgan fingerprint density at radius 2 is 1.11 bits per heavy atom. The van der Waals surface area contributed by atoms with Crippen molar-refractivity contribution < 1.29 is 5.11 Å². The van der Waals surface area contributed by atoms with Gasteiger partial charge in [0.1, 0.15) is 0 Å². The first-order chi connectivity index (χ1) is 4.13. The van der Waals surface area contributed by atoms with Crippen molar-refractivity contribution >= 4 is 15.2 Å². The number of hydrogen-bond acceptors (Lipinski definition) is 1. The maximum absolute atomic E-state index is 8.25. The molecule has 0 aliphatic heterocycles. The van der Waals surface area contributed by atoms with Crippen LogP contribution in [0.2, 0.25) is 9.56 Å². The molecule has 0 unspecified atom stereocenters. The van der Waals surface area contributed by atoms with E-state index in [-0.39, 0.29) is 0 Å².